The second-order valence-electron chi connectivity index (χ2n) is 11.9. The molecular formula is C38H45N3O8S. The van der Waals surface area contributed by atoms with Gasteiger partial charge in [-0.3, -0.25) is 13.9 Å². The number of methoxy groups -OCH3 is 4. The molecule has 0 fully saturated rings. The second-order valence-corrected chi connectivity index (χ2v) is 13.7. The van der Waals surface area contributed by atoms with E-state index < -0.39 is 28.5 Å². The maximum atomic E-state index is 14.8. The van der Waals surface area contributed by atoms with Crippen LogP contribution in [0.2, 0.25) is 0 Å². The second kappa shape index (κ2) is 16.9. The van der Waals surface area contributed by atoms with Gasteiger partial charge in [0.25, 0.3) is 10.0 Å². The van der Waals surface area contributed by atoms with Crippen molar-refractivity contribution in [1.29, 1.82) is 0 Å². The molecule has 4 rings (SSSR count). The number of hydrogen-bond donors (Lipinski definition) is 1. The van der Waals surface area contributed by atoms with Crippen LogP contribution in [0.3, 0.4) is 0 Å². The number of hydrogen-bond acceptors (Lipinski definition) is 8. The number of benzene rings is 4. The monoisotopic (exact) mass is 703 g/mol. The van der Waals surface area contributed by atoms with Gasteiger partial charge in [-0.1, -0.05) is 54.6 Å². The van der Waals surface area contributed by atoms with Crippen molar-refractivity contribution in [2.75, 3.05) is 39.3 Å². The fourth-order valence-corrected chi connectivity index (χ4v) is 6.95. The molecule has 266 valence electrons. The molecule has 0 radical (unpaired) electrons. The standard InChI is InChI=1S/C38H45N3O8S/c1-26(2)39-38(43)33(21-28-14-9-8-10-15-28)40(24-29-16-12-11-13-27(29)3)37(42)25-41(32-22-30(46-4)17-19-34(32)47-5)50(44,45)31-18-20-35(48-6)36(23-31)49-7/h8-20,22-23,26,33H,21,24-25H2,1-7H3,(H,39,43)/t33-/m1/s1. The molecule has 0 aromatic heterocycles. The molecule has 1 atom stereocenters. The summed E-state index contributed by atoms with van der Waals surface area (Å²) in [6.07, 6.45) is 0.196. The summed E-state index contributed by atoms with van der Waals surface area (Å²) < 4.78 is 52.1. The van der Waals surface area contributed by atoms with E-state index in [0.717, 1.165) is 21.0 Å². The smallest absolute Gasteiger partial charge is 0.265 e. The van der Waals surface area contributed by atoms with Gasteiger partial charge in [0.1, 0.15) is 24.1 Å². The van der Waals surface area contributed by atoms with Gasteiger partial charge in [0.2, 0.25) is 11.8 Å². The zero-order valence-electron chi connectivity index (χ0n) is 29.5. The van der Waals surface area contributed by atoms with Gasteiger partial charge in [-0.05, 0) is 61.7 Å². The average Bonchev–Trinajstić information content (AvgIpc) is 3.12. The Hall–Kier alpha value is -5.23. The van der Waals surface area contributed by atoms with Crippen molar-refractivity contribution in [3.63, 3.8) is 0 Å². The number of nitrogens with zero attached hydrogens (tertiary/aromatic N) is 2. The molecule has 4 aromatic rings. The third-order valence-electron chi connectivity index (χ3n) is 8.18. The number of ether oxygens (including phenoxy) is 4. The van der Waals surface area contributed by atoms with Gasteiger partial charge in [0.15, 0.2) is 11.5 Å². The predicted molar refractivity (Wildman–Crippen MR) is 193 cm³/mol. The molecule has 0 heterocycles. The fraction of sp³-hybridized carbons (Fsp3) is 0.316. The van der Waals surface area contributed by atoms with E-state index in [1.807, 2.05) is 75.4 Å². The first-order valence-electron chi connectivity index (χ1n) is 16.1. The zero-order chi connectivity index (χ0) is 36.4. The predicted octanol–water partition coefficient (Wildman–Crippen LogP) is 5.39. The van der Waals surface area contributed by atoms with Crippen LogP contribution in [0, 0.1) is 6.92 Å². The number of aryl methyl sites for hydroxylation is 1. The molecule has 1 N–H and O–H groups in total. The summed E-state index contributed by atoms with van der Waals surface area (Å²) in [6, 6.07) is 24.6. The molecule has 0 saturated carbocycles. The van der Waals surface area contributed by atoms with Gasteiger partial charge < -0.3 is 29.2 Å². The summed E-state index contributed by atoms with van der Waals surface area (Å²) in [4.78, 5) is 30.1. The quantitative estimate of drug-likeness (QED) is 0.165. The molecule has 12 heteroatoms. The highest BCUT2D eigenvalue weighted by Crippen LogP contribution is 2.38. The lowest BCUT2D eigenvalue weighted by Gasteiger charge is -2.34. The Balaban J connectivity index is 1.91. The first kappa shape index (κ1) is 37.6. The van der Waals surface area contributed by atoms with Gasteiger partial charge in [-0.2, -0.15) is 0 Å². The molecule has 0 aliphatic carbocycles. The van der Waals surface area contributed by atoms with Crippen molar-refractivity contribution >= 4 is 27.5 Å². The lowest BCUT2D eigenvalue weighted by atomic mass is 10.0. The Labute approximate surface area is 294 Å². The number of carbonyl (C=O) groups is 2. The normalized spacial score (nSPS) is 11.8. The van der Waals surface area contributed by atoms with Crippen LogP contribution in [0.5, 0.6) is 23.0 Å². The van der Waals surface area contributed by atoms with Crippen LogP contribution < -0.4 is 28.6 Å². The Morgan fingerprint density at radius 3 is 2.02 bits per heavy atom. The number of carbonyl (C=O) groups excluding carboxylic acids is 2. The van der Waals surface area contributed by atoms with Crippen molar-refractivity contribution in [2.45, 2.75) is 50.7 Å². The number of amides is 2. The number of nitrogens with one attached hydrogen (secondary N) is 1. The summed E-state index contributed by atoms with van der Waals surface area (Å²) in [7, 11) is 1.22. The van der Waals surface area contributed by atoms with Gasteiger partial charge in [-0.15, -0.1) is 0 Å². The number of anilines is 1. The molecule has 50 heavy (non-hydrogen) atoms. The maximum absolute atomic E-state index is 14.8. The van der Waals surface area contributed by atoms with E-state index in [1.54, 1.807) is 12.1 Å². The minimum Gasteiger partial charge on any atom is -0.497 e. The zero-order valence-corrected chi connectivity index (χ0v) is 30.3. The van der Waals surface area contributed by atoms with Crippen LogP contribution in [-0.4, -0.2) is 72.2 Å². The van der Waals surface area contributed by atoms with Crippen LogP contribution in [-0.2, 0) is 32.6 Å². The summed E-state index contributed by atoms with van der Waals surface area (Å²) >= 11 is 0. The van der Waals surface area contributed by atoms with Gasteiger partial charge in [0.05, 0.1) is 39.0 Å². The lowest BCUT2D eigenvalue weighted by Crippen LogP contribution is -2.54. The highest BCUT2D eigenvalue weighted by atomic mass is 32.2. The Morgan fingerprint density at radius 2 is 1.40 bits per heavy atom. The Bertz CT molecular complexity index is 1880. The van der Waals surface area contributed by atoms with Crippen molar-refractivity contribution in [3.05, 3.63) is 108 Å². The number of rotatable bonds is 16. The largest absolute Gasteiger partial charge is 0.497 e. The lowest BCUT2D eigenvalue weighted by molar-refractivity contribution is -0.140. The van der Waals surface area contributed by atoms with Crippen molar-refractivity contribution in [3.8, 4) is 23.0 Å². The van der Waals surface area contributed by atoms with Crippen LogP contribution in [0.1, 0.15) is 30.5 Å². The van der Waals surface area contributed by atoms with Crippen LogP contribution in [0.15, 0.2) is 95.9 Å². The van der Waals surface area contributed by atoms with Crippen molar-refractivity contribution < 1.29 is 37.0 Å². The van der Waals surface area contributed by atoms with Crippen LogP contribution in [0.25, 0.3) is 0 Å². The molecule has 2 amide bonds. The topological polar surface area (TPSA) is 124 Å². The summed E-state index contributed by atoms with van der Waals surface area (Å²) in [6.45, 7) is 4.99. The van der Waals surface area contributed by atoms with Crippen molar-refractivity contribution in [1.82, 2.24) is 10.2 Å². The van der Waals surface area contributed by atoms with Crippen LogP contribution >= 0.6 is 0 Å². The van der Waals surface area contributed by atoms with E-state index in [9.17, 15) is 18.0 Å². The van der Waals surface area contributed by atoms with E-state index >= 15 is 0 Å². The first-order valence-corrected chi connectivity index (χ1v) is 17.5. The van der Waals surface area contributed by atoms with E-state index in [-0.39, 0.29) is 47.0 Å². The molecule has 0 bridgehead atoms. The SMILES string of the molecule is COc1ccc(OC)c(N(CC(=O)N(Cc2ccccc2C)[C@H](Cc2ccccc2)C(=O)NC(C)C)S(=O)(=O)c2ccc(OC)c(OC)c2)c1. The van der Waals surface area contributed by atoms with E-state index in [1.165, 1.54) is 57.6 Å². The summed E-state index contributed by atoms with van der Waals surface area (Å²) in [5, 5.41) is 2.97. The minimum atomic E-state index is -4.49. The maximum Gasteiger partial charge on any atom is 0.265 e. The minimum absolute atomic E-state index is 0.0496. The van der Waals surface area contributed by atoms with Crippen molar-refractivity contribution in [2.24, 2.45) is 0 Å². The van der Waals surface area contributed by atoms with Gasteiger partial charge >= 0.3 is 0 Å². The number of sulfonamides is 1. The molecule has 0 aliphatic heterocycles. The highest BCUT2D eigenvalue weighted by Gasteiger charge is 2.36. The molecule has 0 aliphatic rings. The third kappa shape index (κ3) is 8.86. The van der Waals surface area contributed by atoms with E-state index in [4.69, 9.17) is 18.9 Å². The summed E-state index contributed by atoms with van der Waals surface area (Å²) in [5.74, 6) is 0.0765. The van der Waals surface area contributed by atoms with E-state index in [0.29, 0.717) is 11.5 Å². The first-order chi connectivity index (χ1) is 23.9. The Morgan fingerprint density at radius 1 is 0.760 bits per heavy atom. The molecule has 0 saturated heterocycles. The van der Waals surface area contributed by atoms with Gasteiger partial charge in [0, 0.05) is 31.1 Å². The molecule has 11 nitrogen and oxygen atoms in total. The third-order valence-corrected chi connectivity index (χ3v) is 9.94. The highest BCUT2D eigenvalue weighted by molar-refractivity contribution is 7.92. The molecule has 0 unspecified atom stereocenters. The van der Waals surface area contributed by atoms with Crippen LogP contribution in [0.4, 0.5) is 5.69 Å². The fourth-order valence-electron chi connectivity index (χ4n) is 5.51. The average molecular weight is 704 g/mol. The molecule has 0 spiro atoms. The molecule has 4 aromatic carbocycles. The Kier molecular flexibility index (Phi) is 12.7. The summed E-state index contributed by atoms with van der Waals surface area (Å²) in [5.41, 5.74) is 2.63. The van der Waals surface area contributed by atoms with E-state index in [2.05, 4.69) is 5.32 Å². The van der Waals surface area contributed by atoms with Gasteiger partial charge in [-0.25, -0.2) is 8.42 Å². The molecular weight excluding hydrogens is 658 g/mol.